The Hall–Kier alpha value is -4.53. The van der Waals surface area contributed by atoms with E-state index in [1.807, 2.05) is 42.5 Å². The van der Waals surface area contributed by atoms with Crippen LogP contribution in [-0.4, -0.2) is 44.9 Å². The maximum atomic E-state index is 12.9. The number of pyridine rings is 2. The van der Waals surface area contributed by atoms with Crippen LogP contribution in [0.4, 0.5) is 10.5 Å². The second-order valence-corrected chi connectivity index (χ2v) is 9.46. The van der Waals surface area contributed by atoms with Crippen molar-refractivity contribution in [3.05, 3.63) is 81.3 Å². The molecule has 2 aliphatic heterocycles. The van der Waals surface area contributed by atoms with Crippen LogP contribution in [0.2, 0.25) is 0 Å². The third-order valence-electron chi connectivity index (χ3n) is 7.57. The molecule has 1 atom stereocenters. The summed E-state index contributed by atoms with van der Waals surface area (Å²) >= 11 is 0. The maximum Gasteiger partial charge on any atom is 0.324 e. The first-order valence-corrected chi connectivity index (χ1v) is 11.3. The molecule has 9 heteroatoms. The topological polar surface area (TPSA) is 113 Å². The van der Waals surface area contributed by atoms with Crippen molar-refractivity contribution < 1.29 is 14.4 Å². The van der Waals surface area contributed by atoms with Crippen molar-refractivity contribution in [2.45, 2.75) is 24.9 Å². The van der Waals surface area contributed by atoms with Crippen LogP contribution in [-0.2, 0) is 24.2 Å². The number of imide groups is 1. The first-order chi connectivity index (χ1) is 16.8. The average Bonchev–Trinajstić information content (AvgIpc) is 3.43. The predicted molar refractivity (Wildman–Crippen MR) is 128 cm³/mol. The van der Waals surface area contributed by atoms with Gasteiger partial charge >= 0.3 is 6.03 Å². The summed E-state index contributed by atoms with van der Waals surface area (Å²) < 4.78 is 1.63. The number of nitrogens with zero attached hydrogens (tertiary/aromatic N) is 3. The molecular formula is C26H19N5O4. The van der Waals surface area contributed by atoms with Gasteiger partial charge in [-0.15, -0.1) is 0 Å². The number of hydrogen-bond acceptors (Lipinski definition) is 5. The van der Waals surface area contributed by atoms with Crippen LogP contribution in [0, 0.1) is 0 Å². The molecule has 9 nitrogen and oxygen atoms in total. The fourth-order valence-electron chi connectivity index (χ4n) is 5.69. The summed E-state index contributed by atoms with van der Waals surface area (Å²) in [4.78, 5) is 56.1. The van der Waals surface area contributed by atoms with E-state index in [1.54, 1.807) is 11.6 Å². The molecule has 4 aromatic rings. The van der Waals surface area contributed by atoms with Gasteiger partial charge in [-0.25, -0.2) is 4.79 Å². The van der Waals surface area contributed by atoms with Crippen LogP contribution in [0.1, 0.15) is 27.2 Å². The molecule has 0 bridgehead atoms. The zero-order chi connectivity index (χ0) is 24.1. The largest absolute Gasteiger partial charge is 0.324 e. The molecule has 0 radical (unpaired) electrons. The molecule has 3 aliphatic rings. The highest BCUT2D eigenvalue weighted by Crippen LogP contribution is 2.38. The molecule has 7 rings (SSSR count). The second-order valence-electron chi connectivity index (χ2n) is 9.46. The molecule has 2 aromatic heterocycles. The van der Waals surface area contributed by atoms with Gasteiger partial charge in [0.1, 0.15) is 5.54 Å². The number of rotatable bonds is 2. The number of urea groups is 1. The molecule has 4 heterocycles. The number of fused-ring (bicyclic) bond motifs is 2. The lowest BCUT2D eigenvalue weighted by Gasteiger charge is -2.27. The highest BCUT2D eigenvalue weighted by Gasteiger charge is 2.54. The highest BCUT2D eigenvalue weighted by molar-refractivity contribution is 6.23. The number of likely N-dealkylation sites (N-methyl/N-ethyl adjacent to an activating group) is 1. The van der Waals surface area contributed by atoms with Crippen LogP contribution in [0.5, 0.6) is 0 Å². The lowest BCUT2D eigenvalue weighted by molar-refractivity contribution is -0.125. The van der Waals surface area contributed by atoms with Crippen LogP contribution < -0.4 is 16.2 Å². The SMILES string of the molecule is CN1C(=O)NC(=O)[C@]12Cc1cc3ccc(Cn4c(=O)cc5c6c(cccc64)NC5=O)nc3cc1C2. The van der Waals surface area contributed by atoms with Gasteiger partial charge < -0.3 is 14.8 Å². The van der Waals surface area contributed by atoms with E-state index in [2.05, 4.69) is 10.6 Å². The first kappa shape index (κ1) is 19.9. The average molecular weight is 465 g/mol. The number of aromatic nitrogens is 2. The molecular weight excluding hydrogens is 446 g/mol. The summed E-state index contributed by atoms with van der Waals surface area (Å²) in [5.41, 5.74) is 4.12. The summed E-state index contributed by atoms with van der Waals surface area (Å²) in [5.74, 6) is -0.530. The van der Waals surface area contributed by atoms with E-state index in [1.165, 1.54) is 11.0 Å². The third-order valence-corrected chi connectivity index (χ3v) is 7.57. The normalized spacial score (nSPS) is 20.3. The van der Waals surface area contributed by atoms with Crippen molar-refractivity contribution in [1.82, 2.24) is 19.8 Å². The number of hydrogen-bond donors (Lipinski definition) is 2. The molecule has 1 aliphatic carbocycles. The Morgan fingerprint density at radius 2 is 1.77 bits per heavy atom. The van der Waals surface area contributed by atoms with E-state index >= 15 is 0 Å². The molecule has 1 spiro atoms. The Kier molecular flexibility index (Phi) is 3.71. The molecule has 35 heavy (non-hydrogen) atoms. The minimum Gasteiger partial charge on any atom is -0.321 e. The van der Waals surface area contributed by atoms with Crippen molar-refractivity contribution >= 4 is 45.3 Å². The minimum absolute atomic E-state index is 0.254. The maximum absolute atomic E-state index is 12.9. The summed E-state index contributed by atoms with van der Waals surface area (Å²) in [7, 11) is 1.65. The number of nitrogens with one attached hydrogen (secondary N) is 2. The standard InChI is InChI=1S/C26H19N5O4/c1-30-25(35)29-24(34)26(30)10-14-7-13-5-6-16(27-19(13)8-15(14)11-26)12-31-20-4-2-3-18-22(20)17(9-21(31)32)23(33)28-18/h2-9H,10-12H2,1H3,(H,28,33)(H,29,34,35)/t26-/m1/s1. The van der Waals surface area contributed by atoms with Crippen molar-refractivity contribution in [3.63, 3.8) is 0 Å². The van der Waals surface area contributed by atoms with E-state index in [0.29, 0.717) is 35.3 Å². The van der Waals surface area contributed by atoms with Crippen LogP contribution >= 0.6 is 0 Å². The van der Waals surface area contributed by atoms with Gasteiger partial charge in [0.05, 0.1) is 34.5 Å². The molecule has 2 aromatic carbocycles. The van der Waals surface area contributed by atoms with E-state index in [9.17, 15) is 19.2 Å². The van der Waals surface area contributed by atoms with Crippen molar-refractivity contribution in [1.29, 1.82) is 0 Å². The Balaban J connectivity index is 1.29. The fraction of sp³-hybridized carbons (Fsp3) is 0.192. The van der Waals surface area contributed by atoms with Crippen LogP contribution in [0.3, 0.4) is 0 Å². The number of benzene rings is 2. The smallest absolute Gasteiger partial charge is 0.321 e. The Morgan fingerprint density at radius 3 is 2.54 bits per heavy atom. The monoisotopic (exact) mass is 465 g/mol. The van der Waals surface area contributed by atoms with Crippen LogP contribution in [0.15, 0.2) is 53.3 Å². The van der Waals surface area contributed by atoms with Gasteiger partial charge in [-0.2, -0.15) is 0 Å². The molecule has 0 saturated carbocycles. The fourth-order valence-corrected chi connectivity index (χ4v) is 5.69. The van der Waals surface area contributed by atoms with Gasteiger partial charge in [-0.1, -0.05) is 12.1 Å². The Morgan fingerprint density at radius 1 is 0.971 bits per heavy atom. The zero-order valence-corrected chi connectivity index (χ0v) is 18.7. The summed E-state index contributed by atoms with van der Waals surface area (Å²) in [6.07, 6.45) is 0.907. The van der Waals surface area contributed by atoms with Gasteiger partial charge in [0.15, 0.2) is 0 Å². The number of carbonyl (C=O) groups is 3. The highest BCUT2D eigenvalue weighted by atomic mass is 16.2. The molecule has 2 N–H and O–H groups in total. The molecule has 4 amide bonds. The van der Waals surface area contributed by atoms with Gasteiger partial charge in [0, 0.05) is 36.7 Å². The van der Waals surface area contributed by atoms with Gasteiger partial charge in [0.25, 0.3) is 17.4 Å². The Labute approximate surface area is 198 Å². The number of carbonyl (C=O) groups excluding carboxylic acids is 3. The predicted octanol–water partition coefficient (Wildman–Crippen LogP) is 2.18. The van der Waals surface area contributed by atoms with Crippen molar-refractivity contribution in [2.24, 2.45) is 0 Å². The quantitative estimate of drug-likeness (QED) is 0.441. The summed E-state index contributed by atoms with van der Waals surface area (Å²) in [6.45, 7) is 0.254. The third kappa shape index (κ3) is 2.60. The Bertz CT molecular complexity index is 1740. The van der Waals surface area contributed by atoms with Crippen molar-refractivity contribution in [3.8, 4) is 0 Å². The molecule has 0 unspecified atom stereocenters. The number of anilines is 1. The van der Waals surface area contributed by atoms with Crippen molar-refractivity contribution in [2.75, 3.05) is 12.4 Å². The van der Waals surface area contributed by atoms with E-state index in [0.717, 1.165) is 27.4 Å². The van der Waals surface area contributed by atoms with E-state index in [4.69, 9.17) is 4.98 Å². The number of amides is 4. The first-order valence-electron chi connectivity index (χ1n) is 11.3. The minimum atomic E-state index is -0.886. The molecule has 1 fully saturated rings. The summed E-state index contributed by atoms with van der Waals surface area (Å²) in [6, 6.07) is 14.3. The van der Waals surface area contributed by atoms with E-state index in [-0.39, 0.29) is 29.9 Å². The lowest BCUT2D eigenvalue weighted by Crippen LogP contribution is -2.48. The summed E-state index contributed by atoms with van der Waals surface area (Å²) in [5, 5.41) is 6.90. The van der Waals surface area contributed by atoms with Gasteiger partial charge in [-0.3, -0.25) is 24.7 Å². The zero-order valence-electron chi connectivity index (χ0n) is 18.7. The molecule has 1 saturated heterocycles. The lowest BCUT2D eigenvalue weighted by atomic mass is 9.95. The van der Waals surface area contributed by atoms with Gasteiger partial charge in [-0.05, 0) is 41.5 Å². The van der Waals surface area contributed by atoms with Crippen LogP contribution in [0.25, 0.3) is 21.8 Å². The second kappa shape index (κ2) is 6.53. The van der Waals surface area contributed by atoms with E-state index < -0.39 is 5.54 Å². The van der Waals surface area contributed by atoms with Gasteiger partial charge in [0.2, 0.25) is 0 Å². The molecule has 172 valence electrons.